The van der Waals surface area contributed by atoms with Crippen LogP contribution in [0.15, 0.2) is 23.2 Å². The van der Waals surface area contributed by atoms with Gasteiger partial charge in [0.05, 0.1) is 6.54 Å². The Bertz CT molecular complexity index is 655. The van der Waals surface area contributed by atoms with Crippen molar-refractivity contribution in [1.82, 2.24) is 15.0 Å². The van der Waals surface area contributed by atoms with Gasteiger partial charge in [-0.25, -0.2) is 13.1 Å². The molecule has 21 heavy (non-hydrogen) atoms. The van der Waals surface area contributed by atoms with E-state index in [1.807, 2.05) is 10.0 Å². The number of aliphatic carboxylic acids is 1. The smallest absolute Gasteiger partial charge is 0.363 e. The van der Waals surface area contributed by atoms with Crippen LogP contribution in [0.4, 0.5) is 5.82 Å². The third kappa shape index (κ3) is 5.12. The first-order valence-corrected chi connectivity index (χ1v) is 6.79. The molecule has 0 radical (unpaired) electrons. The van der Waals surface area contributed by atoms with E-state index in [0.717, 1.165) is 18.3 Å². The minimum absolute atomic E-state index is 0.362. The molecule has 0 bridgehead atoms. The first-order valence-electron chi connectivity index (χ1n) is 5.31. The van der Waals surface area contributed by atoms with Gasteiger partial charge in [0.25, 0.3) is 0 Å². The largest absolute Gasteiger partial charge is 0.480 e. The summed E-state index contributed by atoms with van der Waals surface area (Å²) in [7, 11) is -4.08. The number of hydrogen-bond donors (Lipinski definition) is 3. The number of carbonyl (C=O) groups excluding carboxylic acids is 1. The molecule has 1 heterocycles. The van der Waals surface area contributed by atoms with Gasteiger partial charge in [-0.05, 0) is 16.0 Å². The molecule has 1 amide bonds. The second-order valence-corrected chi connectivity index (χ2v) is 5.37. The second kappa shape index (κ2) is 6.71. The van der Waals surface area contributed by atoms with Crippen molar-refractivity contribution in [1.29, 1.82) is 0 Å². The highest BCUT2D eigenvalue weighted by atomic mass is 32.2. The van der Waals surface area contributed by atoms with Gasteiger partial charge < -0.3 is 20.5 Å². The fourth-order valence-electron chi connectivity index (χ4n) is 1.12. The highest BCUT2D eigenvalue weighted by Gasteiger charge is 2.19. The van der Waals surface area contributed by atoms with Crippen molar-refractivity contribution in [2.24, 2.45) is 0 Å². The van der Waals surface area contributed by atoms with Crippen molar-refractivity contribution in [3.8, 4) is 0 Å². The van der Waals surface area contributed by atoms with Crippen LogP contribution in [0.3, 0.4) is 0 Å². The Balaban J connectivity index is 2.67. The third-order valence-corrected chi connectivity index (χ3v) is 3.46. The molecule has 3 N–H and O–H groups in total. The average Bonchev–Trinajstić information content (AvgIpc) is 2.43. The molecular formula is C9H10N4O7S. The zero-order valence-electron chi connectivity index (χ0n) is 10.3. The quantitative estimate of drug-likeness (QED) is 0.401. The van der Waals surface area contributed by atoms with Crippen LogP contribution in [-0.2, 0) is 19.6 Å². The van der Waals surface area contributed by atoms with E-state index < -0.39 is 45.7 Å². The monoisotopic (exact) mass is 318 g/mol. The number of amides is 1. The number of carboxylic acids is 1. The highest BCUT2D eigenvalue weighted by molar-refractivity contribution is 7.89. The van der Waals surface area contributed by atoms with Crippen LogP contribution in [0.1, 0.15) is 0 Å². The molecule has 1 aromatic rings. The van der Waals surface area contributed by atoms with E-state index in [9.17, 15) is 28.1 Å². The summed E-state index contributed by atoms with van der Waals surface area (Å²) in [6.07, 6.45) is 0.773. The Morgan fingerprint density at radius 1 is 1.33 bits per heavy atom. The number of carboxylic acid groups (broad SMARTS) is 1. The highest BCUT2D eigenvalue weighted by Crippen LogP contribution is 2.11. The van der Waals surface area contributed by atoms with E-state index >= 15 is 0 Å². The number of aromatic nitrogens is 1. The van der Waals surface area contributed by atoms with Crippen LogP contribution in [0.25, 0.3) is 0 Å². The predicted octanol–water partition coefficient (Wildman–Crippen LogP) is -1.53. The number of pyridine rings is 1. The first kappa shape index (κ1) is 16.5. The molecule has 0 aromatic carbocycles. The number of nitrogens with one attached hydrogen (secondary N) is 2. The van der Waals surface area contributed by atoms with Crippen molar-refractivity contribution < 1.29 is 28.0 Å². The summed E-state index contributed by atoms with van der Waals surface area (Å²) in [5.41, 5.74) is 0. The summed E-state index contributed by atoms with van der Waals surface area (Å²) in [5, 5.41) is 20.7. The maximum atomic E-state index is 11.7. The van der Waals surface area contributed by atoms with E-state index in [0.29, 0.717) is 0 Å². The maximum Gasteiger partial charge on any atom is 0.363 e. The molecule has 0 saturated heterocycles. The van der Waals surface area contributed by atoms with Crippen molar-refractivity contribution >= 4 is 27.7 Å². The Morgan fingerprint density at radius 3 is 2.48 bits per heavy atom. The molecule has 114 valence electrons. The van der Waals surface area contributed by atoms with Crippen LogP contribution in [-0.4, -0.2) is 48.4 Å². The zero-order chi connectivity index (χ0) is 16.0. The molecule has 11 nitrogen and oxygen atoms in total. The molecule has 0 atom stereocenters. The lowest BCUT2D eigenvalue weighted by atomic mass is 10.5. The van der Waals surface area contributed by atoms with Crippen molar-refractivity contribution in [2.45, 2.75) is 4.90 Å². The van der Waals surface area contributed by atoms with Crippen molar-refractivity contribution in [3.63, 3.8) is 0 Å². The van der Waals surface area contributed by atoms with Crippen molar-refractivity contribution in [3.05, 3.63) is 28.4 Å². The molecule has 1 rings (SSSR count). The summed E-state index contributed by atoms with van der Waals surface area (Å²) < 4.78 is 25.4. The Morgan fingerprint density at radius 2 is 2.00 bits per heavy atom. The summed E-state index contributed by atoms with van der Waals surface area (Å²) in [4.78, 5) is 33.9. The van der Waals surface area contributed by atoms with Gasteiger partial charge in [-0.2, -0.15) is 0 Å². The van der Waals surface area contributed by atoms with Gasteiger partial charge in [0.15, 0.2) is 6.20 Å². The molecule has 0 aliphatic rings. The Hall–Kier alpha value is -2.60. The molecule has 12 heteroatoms. The second-order valence-electron chi connectivity index (χ2n) is 3.60. The molecule has 0 aliphatic heterocycles. The van der Waals surface area contributed by atoms with E-state index in [1.165, 1.54) is 0 Å². The summed E-state index contributed by atoms with van der Waals surface area (Å²) >= 11 is 0. The predicted molar refractivity (Wildman–Crippen MR) is 66.7 cm³/mol. The topological polar surface area (TPSA) is 169 Å². The SMILES string of the molecule is O=C(O)CNC(=O)CNS(=O)(=O)c1ccc([N+](=O)[O-])nc1. The van der Waals surface area contributed by atoms with Crippen LogP contribution >= 0.6 is 0 Å². The first-order chi connectivity index (χ1) is 9.72. The number of nitrogens with zero attached hydrogens (tertiary/aromatic N) is 2. The molecule has 0 aliphatic carbocycles. The molecule has 0 unspecified atom stereocenters. The van der Waals surface area contributed by atoms with E-state index in [-0.39, 0.29) is 4.90 Å². The van der Waals surface area contributed by atoms with Gasteiger partial charge in [-0.1, -0.05) is 0 Å². The Kier molecular flexibility index (Phi) is 5.26. The minimum atomic E-state index is -4.08. The maximum absolute atomic E-state index is 11.7. The molecule has 0 spiro atoms. The van der Waals surface area contributed by atoms with E-state index in [2.05, 4.69) is 4.98 Å². The van der Waals surface area contributed by atoms with Gasteiger partial charge in [-0.15, -0.1) is 0 Å². The van der Waals surface area contributed by atoms with Crippen molar-refractivity contribution in [2.75, 3.05) is 13.1 Å². The standard InChI is InChI=1S/C9H10N4O7S/c14-8(11-5-9(15)16)4-12-21(19,20)6-1-2-7(10-3-6)13(17)18/h1-3,12H,4-5H2,(H,11,14)(H,15,16). The molecule has 0 saturated carbocycles. The number of hydrogen-bond acceptors (Lipinski definition) is 7. The third-order valence-electron chi connectivity index (χ3n) is 2.08. The summed E-state index contributed by atoms with van der Waals surface area (Å²) in [6.45, 7) is -1.31. The zero-order valence-corrected chi connectivity index (χ0v) is 11.2. The molecular weight excluding hydrogens is 308 g/mol. The van der Waals surface area contributed by atoms with E-state index in [4.69, 9.17) is 5.11 Å². The minimum Gasteiger partial charge on any atom is -0.480 e. The summed E-state index contributed by atoms with van der Waals surface area (Å²) in [6, 6.07) is 1.86. The van der Waals surface area contributed by atoms with E-state index in [1.54, 1.807) is 0 Å². The van der Waals surface area contributed by atoms with Gasteiger partial charge in [0, 0.05) is 6.07 Å². The molecule has 0 fully saturated rings. The fraction of sp³-hybridized carbons (Fsp3) is 0.222. The lowest BCUT2D eigenvalue weighted by Gasteiger charge is -2.05. The lowest BCUT2D eigenvalue weighted by Crippen LogP contribution is -2.39. The van der Waals surface area contributed by atoms with Crippen LogP contribution in [0.2, 0.25) is 0 Å². The Labute approximate surface area is 118 Å². The number of rotatable bonds is 7. The summed E-state index contributed by atoms with van der Waals surface area (Å²) in [5.74, 6) is -2.63. The number of carbonyl (C=O) groups is 2. The van der Waals surface area contributed by atoms with Crippen LogP contribution in [0.5, 0.6) is 0 Å². The van der Waals surface area contributed by atoms with Gasteiger partial charge in [0.2, 0.25) is 15.9 Å². The van der Waals surface area contributed by atoms with Crippen LogP contribution < -0.4 is 10.0 Å². The average molecular weight is 318 g/mol. The van der Waals surface area contributed by atoms with Crippen LogP contribution in [0, 0.1) is 10.1 Å². The van der Waals surface area contributed by atoms with Gasteiger partial charge >= 0.3 is 11.8 Å². The number of sulfonamides is 1. The normalized spacial score (nSPS) is 10.9. The fourth-order valence-corrected chi connectivity index (χ4v) is 2.05. The van der Waals surface area contributed by atoms with Gasteiger partial charge in [0.1, 0.15) is 11.4 Å². The van der Waals surface area contributed by atoms with Gasteiger partial charge in [-0.3, -0.25) is 9.59 Å². The number of nitro groups is 1. The lowest BCUT2D eigenvalue weighted by molar-refractivity contribution is -0.389. The molecule has 1 aromatic heterocycles.